The molecular formula is C13H16FNO. The Balaban J connectivity index is 1.85. The molecule has 86 valence electrons. The third kappa shape index (κ3) is 2.89. The molecule has 0 bridgehead atoms. The van der Waals surface area contributed by atoms with E-state index in [0.717, 1.165) is 6.54 Å². The molecule has 3 heteroatoms. The molecule has 0 aliphatic heterocycles. The molecule has 0 amide bonds. The van der Waals surface area contributed by atoms with E-state index in [1.165, 1.54) is 25.0 Å². The number of halogens is 1. The van der Waals surface area contributed by atoms with Gasteiger partial charge in [0.25, 0.3) is 0 Å². The maximum absolute atomic E-state index is 12.7. The van der Waals surface area contributed by atoms with E-state index in [4.69, 9.17) is 0 Å². The van der Waals surface area contributed by atoms with Crippen molar-refractivity contribution in [3.05, 3.63) is 35.6 Å². The van der Waals surface area contributed by atoms with E-state index in [9.17, 15) is 9.18 Å². The molecule has 1 aromatic carbocycles. The predicted octanol–water partition coefficient (Wildman–Crippen LogP) is 2.49. The number of Topliss-reactive ketones (excluding diaryl/α,β-unsaturated/α-hetero) is 1. The van der Waals surface area contributed by atoms with Crippen LogP contribution in [-0.4, -0.2) is 30.3 Å². The van der Waals surface area contributed by atoms with Gasteiger partial charge in [0.2, 0.25) is 0 Å². The maximum Gasteiger partial charge on any atom is 0.164 e. The van der Waals surface area contributed by atoms with Gasteiger partial charge in [-0.25, -0.2) is 4.39 Å². The molecule has 0 atom stereocenters. The molecule has 0 spiro atoms. The first kappa shape index (κ1) is 11.3. The number of hydrogen-bond acceptors (Lipinski definition) is 2. The Labute approximate surface area is 95.1 Å². The van der Waals surface area contributed by atoms with Crippen molar-refractivity contribution < 1.29 is 9.18 Å². The number of nitrogens with zero attached hydrogens (tertiary/aromatic N) is 1. The van der Waals surface area contributed by atoms with Gasteiger partial charge in [0.15, 0.2) is 5.78 Å². The van der Waals surface area contributed by atoms with Gasteiger partial charge >= 0.3 is 0 Å². The van der Waals surface area contributed by atoms with Gasteiger partial charge in [-0.05, 0) is 44.2 Å². The van der Waals surface area contributed by atoms with Gasteiger partial charge < -0.3 is 4.90 Å². The van der Waals surface area contributed by atoms with E-state index in [-0.39, 0.29) is 11.6 Å². The summed E-state index contributed by atoms with van der Waals surface area (Å²) in [5, 5.41) is 0. The molecule has 1 aliphatic carbocycles. The fourth-order valence-corrected chi connectivity index (χ4v) is 1.76. The van der Waals surface area contributed by atoms with Crippen LogP contribution in [0.4, 0.5) is 4.39 Å². The highest BCUT2D eigenvalue weighted by Gasteiger charge is 2.25. The quantitative estimate of drug-likeness (QED) is 0.712. The largest absolute Gasteiger partial charge is 0.303 e. The number of hydrogen-bond donors (Lipinski definition) is 0. The first-order valence-electron chi connectivity index (χ1n) is 5.66. The molecule has 1 aliphatic rings. The molecule has 0 N–H and O–H groups in total. The van der Waals surface area contributed by atoms with Gasteiger partial charge in [-0.15, -0.1) is 0 Å². The van der Waals surface area contributed by atoms with Crippen LogP contribution in [0.25, 0.3) is 0 Å². The fourth-order valence-electron chi connectivity index (χ4n) is 1.76. The van der Waals surface area contributed by atoms with Gasteiger partial charge in [0.05, 0.1) is 0 Å². The molecule has 0 aromatic heterocycles. The minimum Gasteiger partial charge on any atom is -0.303 e. The Morgan fingerprint density at radius 1 is 1.38 bits per heavy atom. The molecule has 2 nitrogen and oxygen atoms in total. The Hall–Kier alpha value is -1.22. The molecule has 1 aromatic rings. The summed E-state index contributed by atoms with van der Waals surface area (Å²) in [7, 11) is 2.05. The summed E-state index contributed by atoms with van der Waals surface area (Å²) in [6, 6.07) is 6.44. The summed E-state index contributed by atoms with van der Waals surface area (Å²) >= 11 is 0. The molecule has 16 heavy (non-hydrogen) atoms. The van der Waals surface area contributed by atoms with Crippen LogP contribution in [0.5, 0.6) is 0 Å². The second kappa shape index (κ2) is 4.74. The number of benzene rings is 1. The molecule has 1 fully saturated rings. The fraction of sp³-hybridized carbons (Fsp3) is 0.462. The third-order valence-corrected chi connectivity index (χ3v) is 3.03. The normalized spacial score (nSPS) is 15.4. The van der Waals surface area contributed by atoms with Crippen LogP contribution in [0.1, 0.15) is 29.6 Å². The van der Waals surface area contributed by atoms with Gasteiger partial charge in [0.1, 0.15) is 5.82 Å². The van der Waals surface area contributed by atoms with Gasteiger partial charge in [0, 0.05) is 24.6 Å². The number of rotatable bonds is 5. The second-order valence-corrected chi connectivity index (χ2v) is 4.39. The monoisotopic (exact) mass is 221 g/mol. The molecular weight excluding hydrogens is 205 g/mol. The Bertz CT molecular complexity index is 370. The van der Waals surface area contributed by atoms with E-state index in [2.05, 4.69) is 11.9 Å². The molecule has 0 unspecified atom stereocenters. The summed E-state index contributed by atoms with van der Waals surface area (Å²) < 4.78 is 12.7. The lowest BCUT2D eigenvalue weighted by atomic mass is 10.1. The van der Waals surface area contributed by atoms with Crippen LogP contribution in [-0.2, 0) is 0 Å². The van der Waals surface area contributed by atoms with Crippen molar-refractivity contribution in [1.82, 2.24) is 4.90 Å². The standard InChI is InChI=1S/C13H16FNO/c1-15(12-6-7-12)9-8-13(16)10-2-4-11(14)5-3-10/h2-5,12H,6-9H2,1H3. The van der Waals surface area contributed by atoms with Crippen molar-refractivity contribution in [2.24, 2.45) is 0 Å². The summed E-state index contributed by atoms with van der Waals surface area (Å²) in [5.74, 6) is -0.209. The number of carbonyl (C=O) groups is 1. The molecule has 0 saturated heterocycles. The zero-order valence-corrected chi connectivity index (χ0v) is 9.45. The average Bonchev–Trinajstić information content (AvgIpc) is 3.10. The summed E-state index contributed by atoms with van der Waals surface area (Å²) in [5.41, 5.74) is 0.602. The topological polar surface area (TPSA) is 20.3 Å². The van der Waals surface area contributed by atoms with Crippen molar-refractivity contribution in [3.63, 3.8) is 0 Å². The SMILES string of the molecule is CN(CCC(=O)c1ccc(F)cc1)C1CC1. The van der Waals surface area contributed by atoms with Crippen LogP contribution in [0.15, 0.2) is 24.3 Å². The first-order valence-corrected chi connectivity index (χ1v) is 5.66. The lowest BCUT2D eigenvalue weighted by Gasteiger charge is -2.14. The smallest absolute Gasteiger partial charge is 0.164 e. The zero-order chi connectivity index (χ0) is 11.5. The van der Waals surface area contributed by atoms with Gasteiger partial charge in [-0.1, -0.05) is 0 Å². The van der Waals surface area contributed by atoms with Crippen molar-refractivity contribution in [2.75, 3.05) is 13.6 Å². The minimum atomic E-state index is -0.299. The van der Waals surface area contributed by atoms with Crippen LogP contribution in [0.3, 0.4) is 0 Å². The summed E-state index contributed by atoms with van der Waals surface area (Å²) in [6.07, 6.45) is 3.01. The van der Waals surface area contributed by atoms with Crippen molar-refractivity contribution >= 4 is 5.78 Å². The van der Waals surface area contributed by atoms with Crippen LogP contribution in [0.2, 0.25) is 0 Å². The van der Waals surface area contributed by atoms with E-state index >= 15 is 0 Å². The van der Waals surface area contributed by atoms with Crippen LogP contribution in [0, 0.1) is 5.82 Å². The lowest BCUT2D eigenvalue weighted by molar-refractivity contribution is 0.0968. The van der Waals surface area contributed by atoms with Crippen molar-refractivity contribution in [2.45, 2.75) is 25.3 Å². The van der Waals surface area contributed by atoms with Crippen LogP contribution < -0.4 is 0 Å². The molecule has 2 rings (SSSR count). The van der Waals surface area contributed by atoms with Crippen LogP contribution >= 0.6 is 0 Å². The highest BCUT2D eigenvalue weighted by Crippen LogP contribution is 2.25. The number of carbonyl (C=O) groups excluding carboxylic acids is 1. The van der Waals surface area contributed by atoms with E-state index < -0.39 is 0 Å². The van der Waals surface area contributed by atoms with Gasteiger partial charge in [-0.2, -0.15) is 0 Å². The maximum atomic E-state index is 12.7. The highest BCUT2D eigenvalue weighted by molar-refractivity contribution is 5.96. The number of ketones is 1. The summed E-state index contributed by atoms with van der Waals surface area (Å²) in [6.45, 7) is 0.793. The molecule has 0 heterocycles. The van der Waals surface area contributed by atoms with Gasteiger partial charge in [-0.3, -0.25) is 4.79 Å². The third-order valence-electron chi connectivity index (χ3n) is 3.03. The van der Waals surface area contributed by atoms with Crippen molar-refractivity contribution in [3.8, 4) is 0 Å². The predicted molar refractivity (Wildman–Crippen MR) is 61.0 cm³/mol. The van der Waals surface area contributed by atoms with E-state index in [1.54, 1.807) is 12.1 Å². The Morgan fingerprint density at radius 2 is 2.00 bits per heavy atom. The van der Waals surface area contributed by atoms with E-state index in [0.29, 0.717) is 18.0 Å². The minimum absolute atomic E-state index is 0.0903. The molecule has 1 saturated carbocycles. The second-order valence-electron chi connectivity index (χ2n) is 4.39. The highest BCUT2D eigenvalue weighted by atomic mass is 19.1. The Kier molecular flexibility index (Phi) is 3.34. The lowest BCUT2D eigenvalue weighted by Crippen LogP contribution is -2.23. The van der Waals surface area contributed by atoms with E-state index in [1.807, 2.05) is 0 Å². The molecule has 0 radical (unpaired) electrons. The summed E-state index contributed by atoms with van der Waals surface area (Å²) in [4.78, 5) is 14.0. The first-order chi connectivity index (χ1) is 7.66. The van der Waals surface area contributed by atoms with Crippen molar-refractivity contribution in [1.29, 1.82) is 0 Å². The Morgan fingerprint density at radius 3 is 2.56 bits per heavy atom. The zero-order valence-electron chi connectivity index (χ0n) is 9.45. The average molecular weight is 221 g/mol.